The Morgan fingerprint density at radius 2 is 1.95 bits per heavy atom. The zero-order valence-electron chi connectivity index (χ0n) is 13.4. The number of piperazine rings is 1. The van der Waals surface area contributed by atoms with Crippen molar-refractivity contribution in [3.63, 3.8) is 0 Å². The van der Waals surface area contributed by atoms with Crippen molar-refractivity contribution in [2.75, 3.05) is 37.6 Å². The van der Waals surface area contributed by atoms with Crippen LogP contribution < -0.4 is 10.2 Å². The Morgan fingerprint density at radius 1 is 1.29 bits per heavy atom. The van der Waals surface area contributed by atoms with Crippen molar-refractivity contribution in [3.8, 4) is 0 Å². The Kier molecular flexibility index (Phi) is 4.77. The van der Waals surface area contributed by atoms with Gasteiger partial charge in [0.1, 0.15) is 5.69 Å². The molecule has 0 radical (unpaired) electrons. The highest BCUT2D eigenvalue weighted by Gasteiger charge is 2.20. The standard InChI is InChI=1S/C15H25N5O/c1-5-19-8-10-20(11-9-19)14-16-7-6-12(17-14)13(21)18-15(2,3)4/h6-7H,5,8-11H2,1-4H3,(H,18,21). The minimum Gasteiger partial charge on any atom is -0.346 e. The normalized spacial score (nSPS) is 16.9. The number of rotatable bonds is 3. The van der Waals surface area contributed by atoms with E-state index in [1.165, 1.54) is 0 Å². The zero-order chi connectivity index (χ0) is 15.5. The molecule has 1 saturated heterocycles. The van der Waals surface area contributed by atoms with E-state index >= 15 is 0 Å². The van der Waals surface area contributed by atoms with Gasteiger partial charge in [0.25, 0.3) is 5.91 Å². The molecule has 1 N–H and O–H groups in total. The van der Waals surface area contributed by atoms with Crippen molar-refractivity contribution in [2.24, 2.45) is 0 Å². The number of nitrogens with zero attached hydrogens (tertiary/aromatic N) is 4. The van der Waals surface area contributed by atoms with Gasteiger partial charge in [-0.15, -0.1) is 0 Å². The molecule has 6 heteroatoms. The molecule has 0 aliphatic carbocycles. The maximum atomic E-state index is 12.2. The molecular weight excluding hydrogens is 266 g/mol. The van der Waals surface area contributed by atoms with Gasteiger partial charge < -0.3 is 15.1 Å². The zero-order valence-corrected chi connectivity index (χ0v) is 13.4. The molecule has 1 aromatic heterocycles. The number of hydrogen-bond acceptors (Lipinski definition) is 5. The van der Waals surface area contributed by atoms with Gasteiger partial charge in [-0.3, -0.25) is 4.79 Å². The monoisotopic (exact) mass is 291 g/mol. The first-order valence-electron chi connectivity index (χ1n) is 7.52. The Balaban J connectivity index is 2.06. The smallest absolute Gasteiger partial charge is 0.270 e. The van der Waals surface area contributed by atoms with Gasteiger partial charge >= 0.3 is 0 Å². The van der Waals surface area contributed by atoms with E-state index in [4.69, 9.17) is 0 Å². The Labute approximate surface area is 126 Å². The molecular formula is C15H25N5O. The highest BCUT2D eigenvalue weighted by atomic mass is 16.2. The van der Waals surface area contributed by atoms with Crippen LogP contribution >= 0.6 is 0 Å². The van der Waals surface area contributed by atoms with E-state index in [2.05, 4.69) is 32.0 Å². The lowest BCUT2D eigenvalue weighted by Gasteiger charge is -2.34. The summed E-state index contributed by atoms with van der Waals surface area (Å²) >= 11 is 0. The topological polar surface area (TPSA) is 61.4 Å². The number of carbonyl (C=O) groups is 1. The maximum Gasteiger partial charge on any atom is 0.270 e. The summed E-state index contributed by atoms with van der Waals surface area (Å²) in [6.07, 6.45) is 1.66. The Hall–Kier alpha value is -1.69. The summed E-state index contributed by atoms with van der Waals surface area (Å²) in [7, 11) is 0. The van der Waals surface area contributed by atoms with E-state index in [0.717, 1.165) is 32.7 Å². The summed E-state index contributed by atoms with van der Waals surface area (Å²) in [4.78, 5) is 25.4. The molecule has 0 spiro atoms. The van der Waals surface area contributed by atoms with Gasteiger partial charge in [-0.05, 0) is 33.4 Å². The van der Waals surface area contributed by atoms with Crippen LogP contribution in [0.3, 0.4) is 0 Å². The fourth-order valence-electron chi connectivity index (χ4n) is 2.30. The maximum absolute atomic E-state index is 12.2. The SMILES string of the molecule is CCN1CCN(c2nccc(C(=O)NC(C)(C)C)n2)CC1. The molecule has 6 nitrogen and oxygen atoms in total. The average Bonchev–Trinajstić information content (AvgIpc) is 2.46. The number of amides is 1. The second-order valence-corrected chi connectivity index (χ2v) is 6.37. The number of aromatic nitrogens is 2. The molecule has 0 bridgehead atoms. The number of likely N-dealkylation sites (N-methyl/N-ethyl adjacent to an activating group) is 1. The van der Waals surface area contributed by atoms with Crippen molar-refractivity contribution in [2.45, 2.75) is 33.2 Å². The van der Waals surface area contributed by atoms with Crippen molar-refractivity contribution < 1.29 is 4.79 Å². The van der Waals surface area contributed by atoms with Gasteiger partial charge in [-0.25, -0.2) is 9.97 Å². The van der Waals surface area contributed by atoms with Crippen LogP contribution in [0.2, 0.25) is 0 Å². The third kappa shape index (κ3) is 4.39. The van der Waals surface area contributed by atoms with Gasteiger partial charge in [0.05, 0.1) is 0 Å². The van der Waals surface area contributed by atoms with E-state index in [9.17, 15) is 4.79 Å². The molecule has 116 valence electrons. The van der Waals surface area contributed by atoms with Crippen molar-refractivity contribution >= 4 is 11.9 Å². The average molecular weight is 291 g/mol. The Bertz CT molecular complexity index is 489. The van der Waals surface area contributed by atoms with Crippen molar-refractivity contribution in [1.29, 1.82) is 0 Å². The number of nitrogens with one attached hydrogen (secondary N) is 1. The molecule has 21 heavy (non-hydrogen) atoms. The number of hydrogen-bond donors (Lipinski definition) is 1. The molecule has 1 aromatic rings. The molecule has 0 unspecified atom stereocenters. The van der Waals surface area contributed by atoms with Crippen LogP contribution in [-0.2, 0) is 0 Å². The van der Waals surface area contributed by atoms with Crippen molar-refractivity contribution in [3.05, 3.63) is 18.0 Å². The molecule has 0 atom stereocenters. The summed E-state index contributed by atoms with van der Waals surface area (Å²) in [6.45, 7) is 12.9. The lowest BCUT2D eigenvalue weighted by molar-refractivity contribution is 0.0914. The van der Waals surface area contributed by atoms with Crippen molar-refractivity contribution in [1.82, 2.24) is 20.2 Å². The van der Waals surface area contributed by atoms with Crippen LogP contribution in [0.4, 0.5) is 5.95 Å². The quantitative estimate of drug-likeness (QED) is 0.905. The molecule has 1 amide bonds. The fourth-order valence-corrected chi connectivity index (χ4v) is 2.30. The first kappa shape index (κ1) is 15.7. The van der Waals surface area contributed by atoms with E-state index < -0.39 is 0 Å². The summed E-state index contributed by atoms with van der Waals surface area (Å²) in [5.41, 5.74) is 0.155. The van der Waals surface area contributed by atoms with E-state index in [0.29, 0.717) is 11.6 Å². The predicted octanol–water partition coefficient (Wildman–Crippen LogP) is 1.15. The van der Waals surface area contributed by atoms with Crippen LogP contribution in [0.5, 0.6) is 0 Å². The van der Waals surface area contributed by atoms with Gasteiger partial charge in [0.15, 0.2) is 0 Å². The van der Waals surface area contributed by atoms with Crippen LogP contribution in [0.25, 0.3) is 0 Å². The molecule has 1 aliphatic heterocycles. The van der Waals surface area contributed by atoms with Crippen LogP contribution in [0, 0.1) is 0 Å². The summed E-state index contributed by atoms with van der Waals surface area (Å²) in [6, 6.07) is 1.66. The van der Waals surface area contributed by atoms with Gasteiger partial charge in [0.2, 0.25) is 5.95 Å². The van der Waals surface area contributed by atoms with E-state index in [1.807, 2.05) is 20.8 Å². The highest BCUT2D eigenvalue weighted by Crippen LogP contribution is 2.12. The first-order valence-corrected chi connectivity index (χ1v) is 7.52. The third-order valence-electron chi connectivity index (χ3n) is 3.47. The first-order chi connectivity index (χ1) is 9.89. The van der Waals surface area contributed by atoms with Gasteiger partial charge in [-0.2, -0.15) is 0 Å². The predicted molar refractivity (Wildman–Crippen MR) is 83.6 cm³/mol. The van der Waals surface area contributed by atoms with Crippen LogP contribution in [-0.4, -0.2) is 59.0 Å². The van der Waals surface area contributed by atoms with Gasteiger partial charge in [-0.1, -0.05) is 6.92 Å². The lowest BCUT2D eigenvalue weighted by Crippen LogP contribution is -2.47. The molecule has 1 aliphatic rings. The Morgan fingerprint density at radius 3 is 2.52 bits per heavy atom. The third-order valence-corrected chi connectivity index (χ3v) is 3.47. The second kappa shape index (κ2) is 6.39. The molecule has 0 saturated carbocycles. The highest BCUT2D eigenvalue weighted by molar-refractivity contribution is 5.92. The molecule has 2 heterocycles. The fraction of sp³-hybridized carbons (Fsp3) is 0.667. The van der Waals surface area contributed by atoms with Crippen LogP contribution in [0.15, 0.2) is 12.3 Å². The van der Waals surface area contributed by atoms with Gasteiger partial charge in [0, 0.05) is 37.9 Å². The van der Waals surface area contributed by atoms with Crippen LogP contribution in [0.1, 0.15) is 38.2 Å². The summed E-state index contributed by atoms with van der Waals surface area (Å²) in [5.74, 6) is 0.491. The molecule has 2 rings (SSSR count). The molecule has 0 aromatic carbocycles. The number of anilines is 1. The second-order valence-electron chi connectivity index (χ2n) is 6.37. The number of carbonyl (C=O) groups excluding carboxylic acids is 1. The van der Waals surface area contributed by atoms with E-state index in [1.54, 1.807) is 12.3 Å². The summed E-state index contributed by atoms with van der Waals surface area (Å²) < 4.78 is 0. The van der Waals surface area contributed by atoms with E-state index in [-0.39, 0.29) is 11.4 Å². The largest absolute Gasteiger partial charge is 0.346 e. The molecule has 1 fully saturated rings. The lowest BCUT2D eigenvalue weighted by atomic mass is 10.1. The summed E-state index contributed by atoms with van der Waals surface area (Å²) in [5, 5.41) is 2.93. The minimum atomic E-state index is -0.269. The minimum absolute atomic E-state index is 0.154.